The molecule has 0 unspecified atom stereocenters. The fourth-order valence-electron chi connectivity index (χ4n) is 4.12. The number of esters is 1. The van der Waals surface area contributed by atoms with Crippen molar-refractivity contribution in [3.8, 4) is 0 Å². The Kier molecular flexibility index (Phi) is 6.53. The minimum Gasteiger partial charge on any atom is -0.462 e. The number of rotatable bonds is 7. The number of nitrogens with zero attached hydrogens (tertiary/aromatic N) is 6. The zero-order valence-electron chi connectivity index (χ0n) is 19.8. The van der Waals surface area contributed by atoms with Gasteiger partial charge in [-0.05, 0) is 59.6 Å². The molecule has 1 fully saturated rings. The van der Waals surface area contributed by atoms with Gasteiger partial charge in [-0.25, -0.2) is 19.4 Å². The van der Waals surface area contributed by atoms with E-state index < -0.39 is 0 Å². The highest BCUT2D eigenvalue weighted by Gasteiger charge is 2.23. The summed E-state index contributed by atoms with van der Waals surface area (Å²) in [5.41, 5.74) is 4.62. The number of hydrogen-bond acceptors (Lipinski definition) is 10. The van der Waals surface area contributed by atoms with Crippen LogP contribution in [0.25, 0.3) is 11.3 Å². The molecule has 5 rings (SSSR count). The molecule has 0 bridgehead atoms. The van der Waals surface area contributed by atoms with Crippen LogP contribution in [-0.4, -0.2) is 63.9 Å². The molecular weight excluding hydrogens is 446 g/mol. The number of ether oxygens (including phenoxy) is 1. The molecule has 0 radical (unpaired) electrons. The highest BCUT2D eigenvalue weighted by Crippen LogP contribution is 2.28. The molecule has 2 aromatic heterocycles. The van der Waals surface area contributed by atoms with E-state index in [0.29, 0.717) is 35.1 Å². The van der Waals surface area contributed by atoms with Crippen LogP contribution < -0.4 is 10.2 Å². The summed E-state index contributed by atoms with van der Waals surface area (Å²) in [6.07, 6.45) is 0. The van der Waals surface area contributed by atoms with Crippen LogP contribution in [0, 0.1) is 6.92 Å². The number of carbonyl (C=O) groups excluding carboxylic acids is 1. The van der Waals surface area contributed by atoms with E-state index in [-0.39, 0.29) is 5.97 Å². The summed E-state index contributed by atoms with van der Waals surface area (Å²) < 4.78 is 9.90. The molecule has 0 saturated carbocycles. The molecule has 1 aliphatic rings. The van der Waals surface area contributed by atoms with E-state index in [1.807, 2.05) is 12.1 Å². The van der Waals surface area contributed by atoms with Crippen molar-refractivity contribution in [1.82, 2.24) is 25.2 Å². The van der Waals surface area contributed by atoms with Gasteiger partial charge in [0.25, 0.3) is 0 Å². The number of anilines is 3. The smallest absolute Gasteiger partial charge is 0.338 e. The molecule has 4 aromatic rings. The van der Waals surface area contributed by atoms with E-state index in [4.69, 9.17) is 9.37 Å². The first-order valence-corrected chi connectivity index (χ1v) is 11.7. The highest BCUT2D eigenvalue weighted by molar-refractivity contribution is 5.90. The SMILES string of the molecule is CCOC(=O)c1ccc(Nc2nc3nonc3nc2N2CCN(Cc3ccccc3C)CC2)cc1. The monoisotopic (exact) mass is 473 g/mol. The van der Waals surface area contributed by atoms with Crippen molar-refractivity contribution in [2.75, 3.05) is 43.0 Å². The second kappa shape index (κ2) is 10.1. The Morgan fingerprint density at radius 3 is 2.43 bits per heavy atom. The molecule has 1 aliphatic heterocycles. The number of aromatic nitrogens is 4. The van der Waals surface area contributed by atoms with Gasteiger partial charge in [0.1, 0.15) is 0 Å². The lowest BCUT2D eigenvalue weighted by molar-refractivity contribution is 0.0526. The number of piperazine rings is 1. The summed E-state index contributed by atoms with van der Waals surface area (Å²) in [6.45, 7) is 8.60. The molecule has 10 nitrogen and oxygen atoms in total. The van der Waals surface area contributed by atoms with E-state index in [0.717, 1.165) is 38.4 Å². The molecule has 3 heterocycles. The second-order valence-corrected chi connectivity index (χ2v) is 8.42. The summed E-state index contributed by atoms with van der Waals surface area (Å²) in [5.74, 6) is 0.904. The van der Waals surface area contributed by atoms with Crippen LogP contribution in [0.4, 0.5) is 17.3 Å². The third-order valence-corrected chi connectivity index (χ3v) is 6.08. The Balaban J connectivity index is 1.33. The van der Waals surface area contributed by atoms with Gasteiger partial charge in [0.15, 0.2) is 11.6 Å². The highest BCUT2D eigenvalue weighted by atomic mass is 16.6. The van der Waals surface area contributed by atoms with Crippen molar-refractivity contribution in [2.24, 2.45) is 0 Å². The topological polar surface area (TPSA) is 110 Å². The van der Waals surface area contributed by atoms with Gasteiger partial charge in [0, 0.05) is 38.4 Å². The number of nitrogens with one attached hydrogen (secondary N) is 1. The van der Waals surface area contributed by atoms with E-state index >= 15 is 0 Å². The molecule has 1 saturated heterocycles. The Morgan fingerprint density at radius 1 is 1.00 bits per heavy atom. The molecule has 0 spiro atoms. The predicted molar refractivity (Wildman–Crippen MR) is 132 cm³/mol. The van der Waals surface area contributed by atoms with E-state index in [2.05, 4.69) is 66.6 Å². The predicted octanol–water partition coefficient (Wildman–Crippen LogP) is 3.56. The van der Waals surface area contributed by atoms with Crippen LogP contribution in [0.15, 0.2) is 53.2 Å². The maximum atomic E-state index is 12.0. The largest absolute Gasteiger partial charge is 0.462 e. The second-order valence-electron chi connectivity index (χ2n) is 8.42. The minimum atomic E-state index is -0.349. The summed E-state index contributed by atoms with van der Waals surface area (Å²) in [4.78, 5) is 25.9. The van der Waals surface area contributed by atoms with Gasteiger partial charge < -0.3 is 15.0 Å². The minimum absolute atomic E-state index is 0.331. The van der Waals surface area contributed by atoms with E-state index in [1.165, 1.54) is 11.1 Å². The van der Waals surface area contributed by atoms with E-state index in [1.54, 1.807) is 19.1 Å². The van der Waals surface area contributed by atoms with Gasteiger partial charge in [-0.2, -0.15) is 0 Å². The normalized spacial score (nSPS) is 14.3. The number of carbonyl (C=O) groups is 1. The molecule has 2 aromatic carbocycles. The van der Waals surface area contributed by atoms with Crippen LogP contribution in [0.5, 0.6) is 0 Å². The Morgan fingerprint density at radius 2 is 1.71 bits per heavy atom. The first-order chi connectivity index (χ1) is 17.1. The molecular formula is C25H27N7O3. The zero-order chi connectivity index (χ0) is 24.2. The lowest BCUT2D eigenvalue weighted by Crippen LogP contribution is -2.46. The van der Waals surface area contributed by atoms with Crippen molar-refractivity contribution in [3.05, 3.63) is 65.2 Å². The Hall–Kier alpha value is -4.05. The quantitative estimate of drug-likeness (QED) is 0.400. The van der Waals surface area contributed by atoms with Gasteiger partial charge in [0.05, 0.1) is 12.2 Å². The summed E-state index contributed by atoms with van der Waals surface area (Å²) >= 11 is 0. The summed E-state index contributed by atoms with van der Waals surface area (Å²) in [6, 6.07) is 15.6. The van der Waals surface area contributed by atoms with Gasteiger partial charge in [-0.15, -0.1) is 0 Å². The average molecular weight is 474 g/mol. The van der Waals surface area contributed by atoms with Crippen LogP contribution in [0.3, 0.4) is 0 Å². The van der Waals surface area contributed by atoms with Gasteiger partial charge in [-0.3, -0.25) is 4.90 Å². The fraction of sp³-hybridized carbons (Fsp3) is 0.320. The van der Waals surface area contributed by atoms with Crippen LogP contribution in [0.1, 0.15) is 28.4 Å². The maximum absolute atomic E-state index is 12.0. The van der Waals surface area contributed by atoms with Gasteiger partial charge in [-0.1, -0.05) is 24.3 Å². The van der Waals surface area contributed by atoms with Crippen molar-refractivity contribution in [2.45, 2.75) is 20.4 Å². The molecule has 1 N–H and O–H groups in total. The van der Waals surface area contributed by atoms with Crippen LogP contribution in [0.2, 0.25) is 0 Å². The molecule has 0 amide bonds. The zero-order valence-corrected chi connectivity index (χ0v) is 19.8. The Labute approximate surface area is 202 Å². The molecule has 35 heavy (non-hydrogen) atoms. The van der Waals surface area contributed by atoms with E-state index in [9.17, 15) is 4.79 Å². The third kappa shape index (κ3) is 5.07. The summed E-state index contributed by atoms with van der Waals surface area (Å²) in [5, 5.41) is 11.0. The summed E-state index contributed by atoms with van der Waals surface area (Å²) in [7, 11) is 0. The average Bonchev–Trinajstić information content (AvgIpc) is 3.33. The number of hydrogen-bond donors (Lipinski definition) is 1. The van der Waals surface area contributed by atoms with Gasteiger partial charge >= 0.3 is 5.97 Å². The van der Waals surface area contributed by atoms with Crippen LogP contribution in [-0.2, 0) is 11.3 Å². The number of fused-ring (bicyclic) bond motifs is 1. The standard InChI is InChI=1S/C25H27N7O3/c1-3-34-25(33)18-8-10-20(11-9-18)26-23-24(28-22-21(27-23)29-35-30-22)32-14-12-31(13-15-32)16-19-7-5-4-6-17(19)2/h4-11H,3,12-16H2,1-2H3,(H,26,27,29). The first-order valence-electron chi connectivity index (χ1n) is 11.7. The third-order valence-electron chi connectivity index (χ3n) is 6.08. The Bertz CT molecular complexity index is 1310. The lowest BCUT2D eigenvalue weighted by atomic mass is 10.1. The first kappa shape index (κ1) is 22.7. The molecule has 0 aliphatic carbocycles. The maximum Gasteiger partial charge on any atom is 0.338 e. The number of benzene rings is 2. The molecule has 0 atom stereocenters. The van der Waals surface area contributed by atoms with Crippen molar-refractivity contribution < 1.29 is 14.2 Å². The van der Waals surface area contributed by atoms with Crippen molar-refractivity contribution in [1.29, 1.82) is 0 Å². The molecule has 10 heteroatoms. The van der Waals surface area contributed by atoms with Crippen LogP contribution >= 0.6 is 0 Å². The van der Waals surface area contributed by atoms with Crippen molar-refractivity contribution in [3.63, 3.8) is 0 Å². The van der Waals surface area contributed by atoms with Gasteiger partial charge in [0.2, 0.25) is 11.3 Å². The lowest BCUT2D eigenvalue weighted by Gasteiger charge is -2.36. The number of aryl methyl sites for hydroxylation is 1. The molecule has 180 valence electrons. The fourth-order valence-corrected chi connectivity index (χ4v) is 4.12. The van der Waals surface area contributed by atoms with Crippen molar-refractivity contribution >= 4 is 34.6 Å².